The van der Waals surface area contributed by atoms with E-state index < -0.39 is 28.9 Å². The van der Waals surface area contributed by atoms with Gasteiger partial charge in [-0.2, -0.15) is 0 Å². The first-order valence-corrected chi connectivity index (χ1v) is 9.87. The van der Waals surface area contributed by atoms with Crippen molar-refractivity contribution in [1.29, 1.82) is 0 Å². The van der Waals surface area contributed by atoms with Crippen LogP contribution in [0, 0.1) is 30.1 Å². The van der Waals surface area contributed by atoms with E-state index in [2.05, 4.69) is 11.8 Å². The Bertz CT molecular complexity index is 897. The Hall–Kier alpha value is -3.52. The van der Waals surface area contributed by atoms with Gasteiger partial charge in [0.1, 0.15) is 25.4 Å². The molecule has 0 bridgehead atoms. The molecule has 1 amide bonds. The fourth-order valence-electron chi connectivity index (χ4n) is 2.79. The first-order chi connectivity index (χ1) is 14.8. The van der Waals surface area contributed by atoms with E-state index in [-0.39, 0.29) is 25.6 Å². The fraction of sp³-hybridized carbons (Fsp3) is 0.500. The van der Waals surface area contributed by atoms with Crippen molar-refractivity contribution in [2.75, 3.05) is 19.8 Å². The maximum Gasteiger partial charge on any atom is 0.509 e. The summed E-state index contributed by atoms with van der Waals surface area (Å²) in [5.41, 5.74) is 2.56. The van der Waals surface area contributed by atoms with Gasteiger partial charge in [0, 0.05) is 11.0 Å². The Kier molecular flexibility index (Phi) is 8.85. The number of ether oxygens (including phenoxy) is 5. The van der Waals surface area contributed by atoms with Crippen molar-refractivity contribution in [2.24, 2.45) is 11.1 Å². The van der Waals surface area contributed by atoms with Crippen molar-refractivity contribution in [2.45, 2.75) is 52.7 Å². The maximum atomic E-state index is 12.7. The number of rotatable bonds is 8. The van der Waals surface area contributed by atoms with Crippen LogP contribution in [-0.2, 0) is 19.8 Å². The molecule has 0 fully saturated rings. The van der Waals surface area contributed by atoms with E-state index in [1.165, 1.54) is 0 Å². The number of terminal acetylenes is 2. The molecule has 1 atom stereocenters. The number of hydrogen-bond acceptors (Lipinski definition) is 7. The molecule has 0 saturated heterocycles. The molecule has 8 nitrogen and oxygen atoms in total. The summed E-state index contributed by atoms with van der Waals surface area (Å²) in [6, 6.07) is 4.83. The number of nitrogens with two attached hydrogens (primary N) is 1. The smallest absolute Gasteiger partial charge is 0.477 e. The molecule has 1 rings (SSSR count). The quantitative estimate of drug-likeness (QED) is 0.476. The Balaban J connectivity index is 3.62. The summed E-state index contributed by atoms with van der Waals surface area (Å²) in [5.74, 6) is 5.37. The zero-order valence-electron chi connectivity index (χ0n) is 19.4. The van der Waals surface area contributed by atoms with Gasteiger partial charge in [-0.1, -0.05) is 38.7 Å². The third-order valence-electron chi connectivity index (χ3n) is 4.31. The Morgan fingerprint density at radius 1 is 0.938 bits per heavy atom. The summed E-state index contributed by atoms with van der Waals surface area (Å²) in [7, 11) is 0. The Morgan fingerprint density at radius 3 is 1.97 bits per heavy atom. The summed E-state index contributed by atoms with van der Waals surface area (Å²) in [6.07, 6.45) is 8.63. The minimum absolute atomic E-state index is 0.00929. The standard InChI is InChI=1S/C24H31NO7/c1-9-13-28-18-12-11-17(15-19(18)29-14-10-2)24(22(3,4)5,16-30-20(25)26)32-21(27)31-23(6,7)8/h1-2,11-12,15H,13-14,16H2,3-8H3,(H2,25,26). The van der Waals surface area contributed by atoms with Crippen molar-refractivity contribution in [1.82, 2.24) is 0 Å². The van der Waals surface area contributed by atoms with E-state index >= 15 is 0 Å². The van der Waals surface area contributed by atoms with Crippen LogP contribution in [0.2, 0.25) is 0 Å². The van der Waals surface area contributed by atoms with Crippen LogP contribution in [0.5, 0.6) is 11.5 Å². The average Bonchev–Trinajstić information content (AvgIpc) is 2.65. The van der Waals surface area contributed by atoms with Crippen LogP contribution in [-0.4, -0.2) is 37.7 Å². The summed E-state index contributed by atoms with van der Waals surface area (Å²) in [5, 5.41) is 0. The highest BCUT2D eigenvalue weighted by Gasteiger charge is 2.50. The maximum absolute atomic E-state index is 12.7. The molecule has 32 heavy (non-hydrogen) atoms. The molecular weight excluding hydrogens is 414 g/mol. The predicted octanol–water partition coefficient (Wildman–Crippen LogP) is 4.00. The van der Waals surface area contributed by atoms with Crippen molar-refractivity contribution in [3.63, 3.8) is 0 Å². The lowest BCUT2D eigenvalue weighted by Crippen LogP contribution is -2.49. The summed E-state index contributed by atoms with van der Waals surface area (Å²) in [6.45, 7) is 10.1. The molecular formula is C24H31NO7. The lowest BCUT2D eigenvalue weighted by molar-refractivity contribution is -0.140. The summed E-state index contributed by atoms with van der Waals surface area (Å²) < 4.78 is 27.4. The number of carbonyl (C=O) groups is 2. The molecule has 2 N–H and O–H groups in total. The second kappa shape index (κ2) is 10.7. The van der Waals surface area contributed by atoms with E-state index in [1.54, 1.807) is 39.0 Å². The van der Waals surface area contributed by atoms with Crippen LogP contribution < -0.4 is 15.2 Å². The third kappa shape index (κ3) is 7.31. The second-order valence-electron chi connectivity index (χ2n) is 8.90. The minimum atomic E-state index is -1.50. The number of primary amides is 1. The normalized spacial score (nSPS) is 13.0. The second-order valence-corrected chi connectivity index (χ2v) is 8.90. The van der Waals surface area contributed by atoms with Crippen molar-refractivity contribution >= 4 is 12.2 Å². The minimum Gasteiger partial charge on any atom is -0.477 e. The molecule has 1 aromatic carbocycles. The summed E-state index contributed by atoms with van der Waals surface area (Å²) in [4.78, 5) is 24.1. The molecule has 1 aromatic rings. The van der Waals surface area contributed by atoms with Gasteiger partial charge in [0.15, 0.2) is 17.1 Å². The molecule has 174 valence electrons. The molecule has 0 aliphatic carbocycles. The number of benzene rings is 1. The third-order valence-corrected chi connectivity index (χ3v) is 4.31. The topological polar surface area (TPSA) is 106 Å². The van der Waals surface area contributed by atoms with Crippen molar-refractivity contribution in [3.05, 3.63) is 23.8 Å². The van der Waals surface area contributed by atoms with Gasteiger partial charge in [-0.25, -0.2) is 9.59 Å². The highest BCUT2D eigenvalue weighted by atomic mass is 16.7. The predicted molar refractivity (Wildman–Crippen MR) is 119 cm³/mol. The molecule has 0 aromatic heterocycles. The largest absolute Gasteiger partial charge is 0.509 e. The van der Waals surface area contributed by atoms with Crippen LogP contribution in [0.25, 0.3) is 0 Å². The molecule has 8 heteroatoms. The van der Waals surface area contributed by atoms with Gasteiger partial charge in [-0.3, -0.25) is 0 Å². The highest BCUT2D eigenvalue weighted by molar-refractivity contribution is 5.65. The number of amides is 1. The lowest BCUT2D eigenvalue weighted by Gasteiger charge is -2.43. The van der Waals surface area contributed by atoms with E-state index in [9.17, 15) is 9.59 Å². The fourth-order valence-corrected chi connectivity index (χ4v) is 2.79. The van der Waals surface area contributed by atoms with Gasteiger partial charge >= 0.3 is 12.2 Å². The molecule has 0 saturated carbocycles. The first-order valence-electron chi connectivity index (χ1n) is 9.87. The zero-order valence-corrected chi connectivity index (χ0v) is 19.4. The zero-order chi connectivity index (χ0) is 24.6. The highest BCUT2D eigenvalue weighted by Crippen LogP contribution is 2.46. The van der Waals surface area contributed by atoms with Crippen LogP contribution in [0.15, 0.2) is 18.2 Å². The van der Waals surface area contributed by atoms with Gasteiger partial charge in [0.05, 0.1) is 0 Å². The van der Waals surface area contributed by atoms with Crippen LogP contribution in [0.1, 0.15) is 47.1 Å². The van der Waals surface area contributed by atoms with Crippen LogP contribution >= 0.6 is 0 Å². The van der Waals surface area contributed by atoms with Gasteiger partial charge < -0.3 is 29.4 Å². The van der Waals surface area contributed by atoms with Crippen LogP contribution in [0.3, 0.4) is 0 Å². The first kappa shape index (κ1) is 26.5. The van der Waals surface area contributed by atoms with Gasteiger partial charge in [-0.05, 0) is 32.9 Å². The molecule has 0 spiro atoms. The molecule has 0 heterocycles. The van der Waals surface area contributed by atoms with E-state index in [4.69, 9.17) is 42.3 Å². The van der Waals surface area contributed by atoms with E-state index in [0.29, 0.717) is 11.3 Å². The lowest BCUT2D eigenvalue weighted by atomic mass is 9.72. The number of hydrogen-bond donors (Lipinski definition) is 1. The Morgan fingerprint density at radius 2 is 1.50 bits per heavy atom. The Labute approximate surface area is 189 Å². The van der Waals surface area contributed by atoms with Gasteiger partial charge in [-0.15, -0.1) is 12.8 Å². The van der Waals surface area contributed by atoms with Gasteiger partial charge in [0.25, 0.3) is 0 Å². The molecule has 0 aliphatic heterocycles. The molecule has 0 aliphatic rings. The SMILES string of the molecule is C#CCOc1ccc(C(COC(N)=O)(OC(=O)OC(C)(C)C)C(C)(C)C)cc1OCC#C. The van der Waals surface area contributed by atoms with Crippen molar-refractivity contribution < 1.29 is 33.3 Å². The van der Waals surface area contributed by atoms with E-state index in [1.807, 2.05) is 20.8 Å². The monoisotopic (exact) mass is 445 g/mol. The number of carbonyl (C=O) groups excluding carboxylic acids is 2. The average molecular weight is 446 g/mol. The van der Waals surface area contributed by atoms with E-state index in [0.717, 1.165) is 0 Å². The molecule has 1 unspecified atom stereocenters. The molecule has 0 radical (unpaired) electrons. The van der Waals surface area contributed by atoms with Gasteiger partial charge in [0.2, 0.25) is 0 Å². The van der Waals surface area contributed by atoms with Crippen LogP contribution in [0.4, 0.5) is 9.59 Å². The summed E-state index contributed by atoms with van der Waals surface area (Å²) >= 11 is 0. The van der Waals surface area contributed by atoms with Crippen molar-refractivity contribution in [3.8, 4) is 36.2 Å².